The van der Waals surface area contributed by atoms with Gasteiger partial charge in [-0.3, -0.25) is 4.90 Å². The highest BCUT2D eigenvalue weighted by Crippen LogP contribution is 2.44. The number of aromatic nitrogens is 1. The van der Waals surface area contributed by atoms with Crippen LogP contribution in [0.1, 0.15) is 30.6 Å². The van der Waals surface area contributed by atoms with E-state index >= 15 is 0 Å². The zero-order valence-corrected chi connectivity index (χ0v) is 15.2. The molecular formula is C21H24N2O3. The first kappa shape index (κ1) is 16.9. The summed E-state index contributed by atoms with van der Waals surface area (Å²) in [5.74, 6) is -0.589. The van der Waals surface area contributed by atoms with E-state index in [2.05, 4.69) is 34.2 Å². The summed E-state index contributed by atoms with van der Waals surface area (Å²) in [6.45, 7) is 3.79. The highest BCUT2D eigenvalue weighted by molar-refractivity contribution is 5.89. The van der Waals surface area contributed by atoms with Crippen molar-refractivity contribution in [1.82, 2.24) is 9.88 Å². The van der Waals surface area contributed by atoms with Crippen LogP contribution in [0.5, 0.6) is 0 Å². The van der Waals surface area contributed by atoms with Gasteiger partial charge in [0.1, 0.15) is 0 Å². The minimum absolute atomic E-state index is 0.129. The van der Waals surface area contributed by atoms with E-state index in [0.29, 0.717) is 5.57 Å². The van der Waals surface area contributed by atoms with Crippen LogP contribution in [0.4, 0.5) is 0 Å². The molecule has 0 spiro atoms. The number of hydrogen-bond acceptors (Lipinski definition) is 4. The van der Waals surface area contributed by atoms with Crippen molar-refractivity contribution in [2.45, 2.75) is 25.8 Å². The van der Waals surface area contributed by atoms with Gasteiger partial charge in [0.2, 0.25) is 0 Å². The third-order valence-corrected chi connectivity index (χ3v) is 5.87. The third-order valence-electron chi connectivity index (χ3n) is 5.87. The Morgan fingerprint density at radius 3 is 2.92 bits per heavy atom. The monoisotopic (exact) mass is 352 g/mol. The van der Waals surface area contributed by atoms with E-state index in [9.17, 15) is 9.90 Å². The zero-order chi connectivity index (χ0) is 18.3. The summed E-state index contributed by atoms with van der Waals surface area (Å²) >= 11 is 0. The standard InChI is InChI=1S/C21H24N2O3/c1-3-13-11-23-9-8-15-14-6-4-5-7-18(14)22-20(15)19(23)10-16(13)17(12-24)21(25)26-2/h3-7,12,16,19,22,24H,8-11H2,1-2H3/b13-3-,17-12+/t16-,19-/m1/s1. The second-order valence-electron chi connectivity index (χ2n) is 7.03. The highest BCUT2D eigenvalue weighted by Gasteiger charge is 2.40. The molecule has 3 heterocycles. The number of hydrogen-bond donors (Lipinski definition) is 2. The molecule has 0 amide bonds. The number of piperidine rings is 1. The van der Waals surface area contributed by atoms with Crippen molar-refractivity contribution in [3.05, 3.63) is 59.0 Å². The molecule has 5 nitrogen and oxygen atoms in total. The van der Waals surface area contributed by atoms with E-state index in [1.165, 1.54) is 29.3 Å². The van der Waals surface area contributed by atoms with Crippen LogP contribution in [0.3, 0.4) is 0 Å². The van der Waals surface area contributed by atoms with Crippen molar-refractivity contribution in [3.63, 3.8) is 0 Å². The third kappa shape index (κ3) is 2.54. The Labute approximate surface area is 153 Å². The summed E-state index contributed by atoms with van der Waals surface area (Å²) < 4.78 is 4.89. The number of nitrogens with one attached hydrogen (secondary N) is 1. The van der Waals surface area contributed by atoms with E-state index in [0.717, 1.165) is 37.8 Å². The molecule has 1 saturated heterocycles. The lowest BCUT2D eigenvalue weighted by molar-refractivity contribution is -0.136. The Bertz CT molecular complexity index is 909. The number of ether oxygens (including phenoxy) is 1. The van der Waals surface area contributed by atoms with Gasteiger partial charge in [-0.1, -0.05) is 29.8 Å². The molecule has 2 aromatic rings. The Balaban J connectivity index is 1.75. The van der Waals surface area contributed by atoms with Gasteiger partial charge in [0, 0.05) is 35.6 Å². The SMILES string of the molecule is C/C=C1/CN2CCc3c([nH]c4ccccc34)[C@H]2C[C@H]1/C(=C\O)C(=O)OC. The number of carbonyl (C=O) groups is 1. The number of esters is 1. The van der Waals surface area contributed by atoms with Gasteiger partial charge in [0.25, 0.3) is 0 Å². The Morgan fingerprint density at radius 1 is 1.38 bits per heavy atom. The number of para-hydroxylation sites is 1. The molecular weight excluding hydrogens is 328 g/mol. The number of rotatable bonds is 2. The summed E-state index contributed by atoms with van der Waals surface area (Å²) in [5, 5.41) is 11.0. The van der Waals surface area contributed by atoms with Crippen LogP contribution in [0.15, 0.2) is 47.7 Å². The number of H-pyrrole nitrogens is 1. The fraction of sp³-hybridized carbons (Fsp3) is 0.381. The fourth-order valence-electron chi connectivity index (χ4n) is 4.57. The summed E-state index contributed by atoms with van der Waals surface area (Å²) in [5.41, 5.74) is 5.30. The molecule has 2 N–H and O–H groups in total. The number of benzene rings is 1. The molecule has 2 aliphatic heterocycles. The molecule has 0 bridgehead atoms. The molecule has 0 saturated carbocycles. The number of aliphatic hydroxyl groups excluding tert-OH is 1. The van der Waals surface area contributed by atoms with Crippen molar-refractivity contribution in [3.8, 4) is 0 Å². The lowest BCUT2D eigenvalue weighted by atomic mass is 9.78. The molecule has 5 heteroatoms. The maximum Gasteiger partial charge on any atom is 0.337 e. The molecule has 1 aromatic heterocycles. The zero-order valence-electron chi connectivity index (χ0n) is 15.2. The smallest absolute Gasteiger partial charge is 0.337 e. The quantitative estimate of drug-likeness (QED) is 0.375. The maximum absolute atomic E-state index is 12.2. The van der Waals surface area contributed by atoms with Crippen LogP contribution in [-0.4, -0.2) is 41.2 Å². The number of aliphatic hydroxyl groups is 1. The normalized spacial score (nSPS) is 25.2. The molecule has 4 rings (SSSR count). The topological polar surface area (TPSA) is 65.6 Å². The average molecular weight is 352 g/mol. The van der Waals surface area contributed by atoms with E-state index in [-0.39, 0.29) is 12.0 Å². The van der Waals surface area contributed by atoms with Gasteiger partial charge in [0.15, 0.2) is 0 Å². The van der Waals surface area contributed by atoms with E-state index in [1.807, 2.05) is 13.0 Å². The van der Waals surface area contributed by atoms with Crippen LogP contribution in [0, 0.1) is 5.92 Å². The van der Waals surface area contributed by atoms with Crippen molar-refractivity contribution >= 4 is 16.9 Å². The first-order chi connectivity index (χ1) is 12.7. The number of aromatic amines is 1. The van der Waals surface area contributed by atoms with Gasteiger partial charge < -0.3 is 14.8 Å². The minimum atomic E-state index is -0.460. The predicted octanol–water partition coefficient (Wildman–Crippen LogP) is 3.65. The number of allylic oxidation sites excluding steroid dienone is 1. The fourth-order valence-corrected chi connectivity index (χ4v) is 4.57. The van der Waals surface area contributed by atoms with Crippen LogP contribution >= 0.6 is 0 Å². The van der Waals surface area contributed by atoms with E-state index in [4.69, 9.17) is 4.74 Å². The number of methoxy groups -OCH3 is 1. The maximum atomic E-state index is 12.2. The van der Waals surface area contributed by atoms with E-state index in [1.54, 1.807) is 0 Å². The van der Waals surface area contributed by atoms with Gasteiger partial charge in [-0.25, -0.2) is 4.79 Å². The Morgan fingerprint density at radius 2 is 2.19 bits per heavy atom. The average Bonchev–Trinajstić information content (AvgIpc) is 3.07. The lowest BCUT2D eigenvalue weighted by Gasteiger charge is -2.43. The number of carbonyl (C=O) groups excluding carboxylic acids is 1. The summed E-state index contributed by atoms with van der Waals surface area (Å²) in [6.07, 6.45) is 4.76. The van der Waals surface area contributed by atoms with Crippen LogP contribution in [0.25, 0.3) is 10.9 Å². The minimum Gasteiger partial charge on any atom is -0.515 e. The molecule has 2 aliphatic rings. The molecule has 2 atom stereocenters. The molecule has 0 radical (unpaired) electrons. The predicted molar refractivity (Wildman–Crippen MR) is 101 cm³/mol. The first-order valence-corrected chi connectivity index (χ1v) is 9.09. The van der Waals surface area contributed by atoms with Crippen molar-refractivity contribution < 1.29 is 14.6 Å². The second kappa shape index (κ2) is 6.65. The summed E-state index contributed by atoms with van der Waals surface area (Å²) in [4.78, 5) is 18.2. The van der Waals surface area contributed by atoms with Crippen molar-refractivity contribution in [1.29, 1.82) is 0 Å². The summed E-state index contributed by atoms with van der Waals surface area (Å²) in [6, 6.07) is 8.62. The van der Waals surface area contributed by atoms with Crippen LogP contribution in [0.2, 0.25) is 0 Å². The Hall–Kier alpha value is -2.53. The molecule has 0 unspecified atom stereocenters. The molecule has 26 heavy (non-hydrogen) atoms. The van der Waals surface area contributed by atoms with Gasteiger partial charge in [-0.15, -0.1) is 0 Å². The lowest BCUT2D eigenvalue weighted by Crippen LogP contribution is -2.43. The van der Waals surface area contributed by atoms with Crippen molar-refractivity contribution in [2.24, 2.45) is 5.92 Å². The van der Waals surface area contributed by atoms with E-state index < -0.39 is 5.97 Å². The van der Waals surface area contributed by atoms with Gasteiger partial charge in [-0.05, 0) is 31.4 Å². The summed E-state index contributed by atoms with van der Waals surface area (Å²) in [7, 11) is 1.35. The van der Waals surface area contributed by atoms with Crippen LogP contribution < -0.4 is 0 Å². The van der Waals surface area contributed by atoms with Gasteiger partial charge >= 0.3 is 5.97 Å². The Kier molecular flexibility index (Phi) is 4.32. The highest BCUT2D eigenvalue weighted by atomic mass is 16.5. The molecule has 1 aromatic carbocycles. The van der Waals surface area contributed by atoms with Crippen molar-refractivity contribution in [2.75, 3.05) is 20.2 Å². The van der Waals surface area contributed by atoms with Gasteiger partial charge in [0.05, 0.1) is 25.0 Å². The second-order valence-corrected chi connectivity index (χ2v) is 7.03. The first-order valence-electron chi connectivity index (χ1n) is 9.09. The number of fused-ring (bicyclic) bond motifs is 5. The van der Waals surface area contributed by atoms with Gasteiger partial charge in [-0.2, -0.15) is 0 Å². The number of nitrogens with zero attached hydrogens (tertiary/aromatic N) is 1. The van der Waals surface area contributed by atoms with Crippen LogP contribution in [-0.2, 0) is 16.0 Å². The largest absolute Gasteiger partial charge is 0.515 e. The molecule has 1 fully saturated rings. The molecule has 0 aliphatic carbocycles. The molecule has 136 valence electrons.